The molecule has 5 rings (SSSR count). The van der Waals surface area contributed by atoms with Gasteiger partial charge in [0.15, 0.2) is 0 Å². The second kappa shape index (κ2) is 7.02. The van der Waals surface area contributed by atoms with Crippen molar-refractivity contribution in [1.29, 1.82) is 0 Å². The average Bonchev–Trinajstić information content (AvgIpc) is 3.47. The third-order valence-corrected chi connectivity index (χ3v) is 6.82. The molecule has 1 atom stereocenters. The van der Waals surface area contributed by atoms with E-state index in [1.165, 1.54) is 22.5 Å². The van der Waals surface area contributed by atoms with E-state index in [1.807, 2.05) is 47.1 Å². The van der Waals surface area contributed by atoms with Crippen molar-refractivity contribution in [3.63, 3.8) is 0 Å². The zero-order chi connectivity index (χ0) is 19.1. The molecule has 0 saturated carbocycles. The number of ketones is 1. The maximum absolute atomic E-state index is 13.1. The first-order chi connectivity index (χ1) is 13.7. The molecule has 1 unspecified atom stereocenters. The number of aromatic nitrogens is 2. The highest BCUT2D eigenvalue weighted by Gasteiger charge is 2.33. The first-order valence-electron chi connectivity index (χ1n) is 9.69. The fourth-order valence-corrected chi connectivity index (χ4v) is 5.15. The molecule has 2 aliphatic heterocycles. The molecule has 0 radical (unpaired) electrons. The largest absolute Gasteiger partial charge is 0.338 e. The van der Waals surface area contributed by atoms with Crippen molar-refractivity contribution in [2.75, 3.05) is 13.1 Å². The number of nitrogens with zero attached hydrogens (tertiary/aromatic N) is 3. The number of benzene rings is 1. The number of carbonyl (C=O) groups excluding carboxylic acids is 2. The number of thiophene rings is 1. The summed E-state index contributed by atoms with van der Waals surface area (Å²) in [4.78, 5) is 32.5. The Hall–Kier alpha value is -2.73. The molecule has 1 fully saturated rings. The number of likely N-dealkylation sites (tertiary alicyclic amines) is 1. The van der Waals surface area contributed by atoms with Gasteiger partial charge < -0.3 is 9.47 Å². The molecular formula is C22H21N3O2S. The molecule has 5 nitrogen and oxygen atoms in total. The molecule has 3 aromatic rings. The van der Waals surface area contributed by atoms with Crippen LogP contribution in [-0.2, 0) is 4.79 Å². The number of amides is 1. The van der Waals surface area contributed by atoms with Crippen LogP contribution in [0.2, 0.25) is 0 Å². The Kier molecular flexibility index (Phi) is 4.36. The van der Waals surface area contributed by atoms with E-state index in [0.29, 0.717) is 25.3 Å². The third kappa shape index (κ3) is 2.88. The first-order valence-corrected chi connectivity index (χ1v) is 10.6. The van der Waals surface area contributed by atoms with Gasteiger partial charge in [-0.15, -0.1) is 11.3 Å². The van der Waals surface area contributed by atoms with Gasteiger partial charge in [-0.05, 0) is 29.9 Å². The number of hydrogen-bond donors (Lipinski definition) is 0. The molecule has 0 spiro atoms. The Labute approximate surface area is 167 Å². The fraction of sp³-hybridized carbons (Fsp3) is 0.318. The second-order valence-electron chi connectivity index (χ2n) is 7.50. The van der Waals surface area contributed by atoms with E-state index in [4.69, 9.17) is 0 Å². The lowest BCUT2D eigenvalue weighted by Gasteiger charge is -2.31. The van der Waals surface area contributed by atoms with E-state index in [9.17, 15) is 9.59 Å². The average molecular weight is 391 g/mol. The maximum Gasteiger partial charge on any atom is 0.263 e. The molecule has 0 aliphatic carbocycles. The SMILES string of the molecule is O=C(CC1c2ccccc2-c2cncn21)C1CCN(C(=O)c2cccs2)CC1. The summed E-state index contributed by atoms with van der Waals surface area (Å²) in [7, 11) is 0. The summed E-state index contributed by atoms with van der Waals surface area (Å²) in [6.07, 6.45) is 5.69. The number of fused-ring (bicyclic) bond motifs is 3. The standard InChI is InChI=1S/C22H21N3O2S/c26-20(15-7-9-24(10-8-15)22(27)21-6-3-11-28-21)12-18-16-4-1-2-5-17(16)19-13-23-14-25(18)19/h1-6,11,13-15,18H,7-10,12H2. The van der Waals surface area contributed by atoms with E-state index in [0.717, 1.165) is 23.4 Å². The van der Waals surface area contributed by atoms with Crippen LogP contribution in [0.3, 0.4) is 0 Å². The van der Waals surface area contributed by atoms with Crippen molar-refractivity contribution in [3.8, 4) is 11.3 Å². The molecule has 1 aromatic carbocycles. The quantitative estimate of drug-likeness (QED) is 0.675. The summed E-state index contributed by atoms with van der Waals surface area (Å²) in [6, 6.07) is 12.1. The Bertz CT molecular complexity index is 1020. The topological polar surface area (TPSA) is 55.2 Å². The number of rotatable bonds is 4. The molecular weight excluding hydrogens is 370 g/mol. The first kappa shape index (κ1) is 17.4. The summed E-state index contributed by atoms with van der Waals surface area (Å²) >= 11 is 1.47. The van der Waals surface area contributed by atoms with Gasteiger partial charge in [0.25, 0.3) is 5.91 Å². The van der Waals surface area contributed by atoms with Gasteiger partial charge in [0.1, 0.15) is 5.78 Å². The highest BCUT2D eigenvalue weighted by Crippen LogP contribution is 2.41. The highest BCUT2D eigenvalue weighted by molar-refractivity contribution is 7.12. The molecule has 2 aromatic heterocycles. The van der Waals surface area contributed by atoms with Crippen molar-refractivity contribution in [3.05, 3.63) is 64.7 Å². The minimum Gasteiger partial charge on any atom is -0.338 e. The Morgan fingerprint density at radius 2 is 1.93 bits per heavy atom. The van der Waals surface area contributed by atoms with Gasteiger partial charge in [0, 0.05) is 31.0 Å². The van der Waals surface area contributed by atoms with E-state index >= 15 is 0 Å². The zero-order valence-electron chi connectivity index (χ0n) is 15.5. The van der Waals surface area contributed by atoms with Crippen LogP contribution in [0.25, 0.3) is 11.3 Å². The summed E-state index contributed by atoms with van der Waals surface area (Å²) in [5.41, 5.74) is 3.47. The monoisotopic (exact) mass is 391 g/mol. The lowest BCUT2D eigenvalue weighted by atomic mass is 9.87. The molecule has 1 saturated heterocycles. The molecule has 1 amide bonds. The van der Waals surface area contributed by atoms with Crippen LogP contribution in [0.5, 0.6) is 0 Å². The van der Waals surface area contributed by atoms with E-state index in [-0.39, 0.29) is 17.9 Å². The van der Waals surface area contributed by atoms with Crippen molar-refractivity contribution < 1.29 is 9.59 Å². The van der Waals surface area contributed by atoms with Gasteiger partial charge in [-0.1, -0.05) is 30.3 Å². The Morgan fingerprint density at radius 3 is 2.71 bits per heavy atom. The van der Waals surface area contributed by atoms with Gasteiger partial charge in [0.2, 0.25) is 0 Å². The van der Waals surface area contributed by atoms with Crippen LogP contribution >= 0.6 is 11.3 Å². The third-order valence-electron chi connectivity index (χ3n) is 5.96. The Balaban J connectivity index is 1.26. The molecule has 2 aliphatic rings. The smallest absolute Gasteiger partial charge is 0.263 e. The van der Waals surface area contributed by atoms with Gasteiger partial charge in [-0.25, -0.2) is 4.98 Å². The van der Waals surface area contributed by atoms with Crippen LogP contribution in [0, 0.1) is 5.92 Å². The van der Waals surface area contributed by atoms with Crippen molar-refractivity contribution in [2.45, 2.75) is 25.3 Å². The van der Waals surface area contributed by atoms with Crippen LogP contribution in [0.4, 0.5) is 0 Å². The van der Waals surface area contributed by atoms with Crippen molar-refractivity contribution in [1.82, 2.24) is 14.5 Å². The Morgan fingerprint density at radius 1 is 1.11 bits per heavy atom. The van der Waals surface area contributed by atoms with Crippen molar-refractivity contribution >= 4 is 23.0 Å². The van der Waals surface area contributed by atoms with Gasteiger partial charge in [0.05, 0.1) is 29.1 Å². The molecule has 142 valence electrons. The molecule has 0 bridgehead atoms. The van der Waals surface area contributed by atoms with Gasteiger partial charge >= 0.3 is 0 Å². The van der Waals surface area contributed by atoms with Crippen molar-refractivity contribution in [2.24, 2.45) is 5.92 Å². The summed E-state index contributed by atoms with van der Waals surface area (Å²) in [5, 5.41) is 1.92. The predicted molar refractivity (Wildman–Crippen MR) is 108 cm³/mol. The summed E-state index contributed by atoms with van der Waals surface area (Å²) in [5.74, 6) is 0.422. The van der Waals surface area contributed by atoms with Crippen LogP contribution in [0.1, 0.15) is 40.5 Å². The van der Waals surface area contributed by atoms with Crippen LogP contribution in [-0.4, -0.2) is 39.2 Å². The number of imidazole rings is 1. The van der Waals surface area contributed by atoms with E-state index < -0.39 is 0 Å². The minimum absolute atomic E-state index is 0.0342. The predicted octanol–water partition coefficient (Wildman–Crippen LogP) is 4.03. The fourth-order valence-electron chi connectivity index (χ4n) is 4.46. The van der Waals surface area contributed by atoms with Crippen LogP contribution < -0.4 is 0 Å². The highest BCUT2D eigenvalue weighted by atomic mass is 32.1. The lowest BCUT2D eigenvalue weighted by molar-refractivity contribution is -0.124. The zero-order valence-corrected chi connectivity index (χ0v) is 16.3. The normalized spacial score (nSPS) is 18.7. The maximum atomic E-state index is 13.1. The number of Topliss-reactive ketones (excluding diaryl/α,β-unsaturated/α-hetero) is 1. The summed E-state index contributed by atoms with van der Waals surface area (Å²) < 4.78 is 2.12. The number of carbonyl (C=O) groups is 2. The van der Waals surface area contributed by atoms with Gasteiger partial charge in [-0.3, -0.25) is 9.59 Å². The van der Waals surface area contributed by atoms with E-state index in [2.05, 4.69) is 21.7 Å². The molecule has 28 heavy (non-hydrogen) atoms. The molecule has 4 heterocycles. The lowest BCUT2D eigenvalue weighted by Crippen LogP contribution is -2.40. The summed E-state index contributed by atoms with van der Waals surface area (Å²) in [6.45, 7) is 1.31. The number of hydrogen-bond acceptors (Lipinski definition) is 4. The minimum atomic E-state index is 0.0342. The van der Waals surface area contributed by atoms with Crippen LogP contribution in [0.15, 0.2) is 54.3 Å². The second-order valence-corrected chi connectivity index (χ2v) is 8.45. The molecule has 0 N–H and O–H groups in total. The van der Waals surface area contributed by atoms with E-state index in [1.54, 1.807) is 0 Å². The molecule has 6 heteroatoms. The number of piperidine rings is 1. The van der Waals surface area contributed by atoms with Gasteiger partial charge in [-0.2, -0.15) is 0 Å².